The summed E-state index contributed by atoms with van der Waals surface area (Å²) < 4.78 is 1.74. The number of carbonyl (C=O) groups excluding carboxylic acids is 1. The SMILES string of the molecule is Cc1nnc2ccc(N3CC(N(C)C(=O)c4cc5ccccc5[nH]4)C3)nn12. The second-order valence-electron chi connectivity index (χ2n) is 6.95. The van der Waals surface area contributed by atoms with E-state index in [2.05, 4.69) is 25.2 Å². The van der Waals surface area contributed by atoms with Crippen LogP contribution in [0.3, 0.4) is 0 Å². The largest absolute Gasteiger partial charge is 0.351 e. The first-order valence-electron chi connectivity index (χ1n) is 8.89. The maximum Gasteiger partial charge on any atom is 0.270 e. The van der Waals surface area contributed by atoms with Gasteiger partial charge in [0.15, 0.2) is 11.5 Å². The number of anilines is 1. The number of H-pyrrole nitrogens is 1. The number of aromatic nitrogens is 5. The molecule has 1 aliphatic heterocycles. The summed E-state index contributed by atoms with van der Waals surface area (Å²) in [5.74, 6) is 1.64. The number of likely N-dealkylation sites (N-methyl/N-ethyl adjacent to an activating group) is 1. The number of para-hydroxylation sites is 1. The van der Waals surface area contributed by atoms with Gasteiger partial charge in [-0.1, -0.05) is 18.2 Å². The molecule has 1 fully saturated rings. The number of nitrogens with zero attached hydrogens (tertiary/aromatic N) is 6. The van der Waals surface area contributed by atoms with E-state index < -0.39 is 0 Å². The quantitative estimate of drug-likeness (QED) is 0.602. The van der Waals surface area contributed by atoms with Crippen molar-refractivity contribution >= 4 is 28.3 Å². The van der Waals surface area contributed by atoms with Crippen molar-refractivity contribution in [2.24, 2.45) is 0 Å². The summed E-state index contributed by atoms with van der Waals surface area (Å²) in [4.78, 5) is 20.0. The molecule has 1 aliphatic rings. The minimum atomic E-state index is 0.00825. The highest BCUT2D eigenvalue weighted by molar-refractivity contribution is 5.98. The van der Waals surface area contributed by atoms with Crippen molar-refractivity contribution in [1.82, 2.24) is 29.7 Å². The highest BCUT2D eigenvalue weighted by Crippen LogP contribution is 2.23. The van der Waals surface area contributed by atoms with Gasteiger partial charge < -0.3 is 14.8 Å². The third-order valence-electron chi connectivity index (χ3n) is 5.22. The summed E-state index contributed by atoms with van der Waals surface area (Å²) in [5.41, 5.74) is 2.34. The molecule has 0 atom stereocenters. The van der Waals surface area contributed by atoms with Crippen LogP contribution in [0.5, 0.6) is 0 Å². The zero-order valence-corrected chi connectivity index (χ0v) is 15.1. The molecule has 8 nitrogen and oxygen atoms in total. The molecule has 27 heavy (non-hydrogen) atoms. The summed E-state index contributed by atoms with van der Waals surface area (Å²) in [5, 5.41) is 13.7. The molecule has 0 spiro atoms. The van der Waals surface area contributed by atoms with Crippen molar-refractivity contribution in [2.45, 2.75) is 13.0 Å². The van der Waals surface area contributed by atoms with E-state index in [1.165, 1.54) is 0 Å². The smallest absolute Gasteiger partial charge is 0.270 e. The van der Waals surface area contributed by atoms with Gasteiger partial charge in [0.1, 0.15) is 11.5 Å². The molecule has 0 unspecified atom stereocenters. The lowest BCUT2D eigenvalue weighted by molar-refractivity contribution is 0.0700. The lowest BCUT2D eigenvalue weighted by atomic mass is 10.1. The van der Waals surface area contributed by atoms with Crippen LogP contribution in [0.2, 0.25) is 0 Å². The van der Waals surface area contributed by atoms with Crippen LogP contribution in [0.4, 0.5) is 5.82 Å². The van der Waals surface area contributed by atoms with Gasteiger partial charge in [-0.05, 0) is 31.2 Å². The number of aryl methyl sites for hydroxylation is 1. The van der Waals surface area contributed by atoms with E-state index in [1.807, 2.05) is 61.3 Å². The van der Waals surface area contributed by atoms with Crippen molar-refractivity contribution in [1.29, 1.82) is 0 Å². The van der Waals surface area contributed by atoms with Crippen molar-refractivity contribution in [3.63, 3.8) is 0 Å². The normalized spacial score (nSPS) is 14.7. The summed E-state index contributed by atoms with van der Waals surface area (Å²) >= 11 is 0. The fraction of sp³-hybridized carbons (Fsp3) is 0.263. The van der Waals surface area contributed by atoms with E-state index in [9.17, 15) is 4.79 Å². The van der Waals surface area contributed by atoms with Gasteiger partial charge in [-0.25, -0.2) is 0 Å². The second kappa shape index (κ2) is 5.80. The Morgan fingerprint density at radius 3 is 2.81 bits per heavy atom. The Balaban J connectivity index is 1.30. The fourth-order valence-electron chi connectivity index (χ4n) is 3.49. The Kier molecular flexibility index (Phi) is 3.40. The van der Waals surface area contributed by atoms with Crippen LogP contribution in [0.15, 0.2) is 42.5 Å². The molecule has 1 N–H and O–H groups in total. The van der Waals surface area contributed by atoms with Gasteiger partial charge in [0.25, 0.3) is 5.91 Å². The summed E-state index contributed by atoms with van der Waals surface area (Å²) in [7, 11) is 1.86. The number of amides is 1. The highest BCUT2D eigenvalue weighted by Gasteiger charge is 2.34. The fourth-order valence-corrected chi connectivity index (χ4v) is 3.49. The number of nitrogens with one attached hydrogen (secondary N) is 1. The highest BCUT2D eigenvalue weighted by atomic mass is 16.2. The predicted molar refractivity (Wildman–Crippen MR) is 102 cm³/mol. The summed E-state index contributed by atoms with van der Waals surface area (Å²) in [6.07, 6.45) is 0. The molecule has 1 aromatic carbocycles. The monoisotopic (exact) mass is 361 g/mol. The Bertz CT molecular complexity index is 1120. The first-order chi connectivity index (χ1) is 13.1. The Labute approximate surface area is 155 Å². The van der Waals surface area contributed by atoms with E-state index in [-0.39, 0.29) is 11.9 Å². The molecule has 136 valence electrons. The average Bonchev–Trinajstić information content (AvgIpc) is 3.23. The summed E-state index contributed by atoms with van der Waals surface area (Å²) in [6, 6.07) is 13.8. The molecule has 0 saturated carbocycles. The van der Waals surface area contributed by atoms with Crippen molar-refractivity contribution < 1.29 is 4.79 Å². The molecule has 8 heteroatoms. The topological polar surface area (TPSA) is 82.4 Å². The molecule has 0 bridgehead atoms. The second-order valence-corrected chi connectivity index (χ2v) is 6.95. The van der Waals surface area contributed by atoms with Crippen molar-refractivity contribution in [2.75, 3.05) is 25.0 Å². The van der Waals surface area contributed by atoms with E-state index in [1.54, 1.807) is 4.52 Å². The molecular weight excluding hydrogens is 342 g/mol. The average molecular weight is 361 g/mol. The van der Waals surface area contributed by atoms with E-state index in [0.717, 1.165) is 41.3 Å². The van der Waals surface area contributed by atoms with Crippen LogP contribution in [0.25, 0.3) is 16.6 Å². The standard InChI is InChI=1S/C19H19N7O/c1-12-21-22-17-7-8-18(23-26(12)17)25-10-14(11-25)24(2)19(27)16-9-13-5-3-4-6-15(13)20-16/h3-9,14,20H,10-11H2,1-2H3. The van der Waals surface area contributed by atoms with Gasteiger partial charge in [0.05, 0.1) is 6.04 Å². The van der Waals surface area contributed by atoms with Gasteiger partial charge in [0.2, 0.25) is 0 Å². The lowest BCUT2D eigenvalue weighted by Gasteiger charge is -2.44. The number of hydrogen-bond acceptors (Lipinski definition) is 5. The molecule has 4 heterocycles. The van der Waals surface area contributed by atoms with Crippen molar-refractivity contribution in [3.05, 3.63) is 54.0 Å². The third kappa shape index (κ3) is 2.52. The molecule has 1 amide bonds. The first kappa shape index (κ1) is 15.8. The zero-order chi connectivity index (χ0) is 18.5. The molecular formula is C19H19N7O. The van der Waals surface area contributed by atoms with Crippen LogP contribution >= 0.6 is 0 Å². The van der Waals surface area contributed by atoms with Crippen LogP contribution in [-0.2, 0) is 0 Å². The number of hydrogen-bond donors (Lipinski definition) is 1. The predicted octanol–water partition coefficient (Wildman–Crippen LogP) is 1.87. The van der Waals surface area contributed by atoms with Crippen molar-refractivity contribution in [3.8, 4) is 0 Å². The number of rotatable bonds is 3. The molecule has 3 aromatic heterocycles. The van der Waals surface area contributed by atoms with Crippen LogP contribution < -0.4 is 4.90 Å². The van der Waals surface area contributed by atoms with E-state index in [0.29, 0.717) is 5.69 Å². The molecule has 0 aliphatic carbocycles. The first-order valence-corrected chi connectivity index (χ1v) is 8.89. The van der Waals surface area contributed by atoms with Crippen LogP contribution in [0, 0.1) is 6.92 Å². The molecule has 4 aromatic rings. The van der Waals surface area contributed by atoms with Gasteiger partial charge >= 0.3 is 0 Å². The van der Waals surface area contributed by atoms with Crippen LogP contribution in [0.1, 0.15) is 16.3 Å². The maximum atomic E-state index is 12.8. The Hall–Kier alpha value is -3.42. The lowest BCUT2D eigenvalue weighted by Crippen LogP contribution is -2.60. The minimum absolute atomic E-state index is 0.00825. The number of aromatic amines is 1. The van der Waals surface area contributed by atoms with Gasteiger partial charge in [0, 0.05) is 31.0 Å². The minimum Gasteiger partial charge on any atom is -0.351 e. The van der Waals surface area contributed by atoms with E-state index in [4.69, 9.17) is 0 Å². The van der Waals surface area contributed by atoms with Crippen LogP contribution in [-0.4, -0.2) is 61.8 Å². The number of fused-ring (bicyclic) bond motifs is 2. The molecule has 5 rings (SSSR count). The Morgan fingerprint density at radius 2 is 2.00 bits per heavy atom. The van der Waals surface area contributed by atoms with E-state index >= 15 is 0 Å². The number of carbonyl (C=O) groups is 1. The zero-order valence-electron chi connectivity index (χ0n) is 15.1. The molecule has 1 saturated heterocycles. The summed E-state index contributed by atoms with van der Waals surface area (Å²) in [6.45, 7) is 3.38. The third-order valence-corrected chi connectivity index (χ3v) is 5.22. The Morgan fingerprint density at radius 1 is 1.19 bits per heavy atom. The molecule has 0 radical (unpaired) electrons. The van der Waals surface area contributed by atoms with Gasteiger partial charge in [-0.3, -0.25) is 4.79 Å². The number of benzene rings is 1. The van der Waals surface area contributed by atoms with Gasteiger partial charge in [-0.2, -0.15) is 4.52 Å². The maximum absolute atomic E-state index is 12.8. The van der Waals surface area contributed by atoms with Gasteiger partial charge in [-0.15, -0.1) is 15.3 Å².